The summed E-state index contributed by atoms with van der Waals surface area (Å²) in [6.07, 6.45) is 1.67. The average Bonchev–Trinajstić information content (AvgIpc) is 2.45. The minimum atomic E-state index is -0.482. The molecule has 20 heavy (non-hydrogen) atoms. The molecule has 0 aromatic heterocycles. The molecular weight excluding hydrogens is 322 g/mol. The Morgan fingerprint density at radius 2 is 1.95 bits per heavy atom. The zero-order chi connectivity index (χ0) is 14.5. The Hall–Kier alpha value is -1.40. The Kier molecular flexibility index (Phi) is 5.14. The number of amides is 2. The first-order valence-electron chi connectivity index (χ1n) is 6.64. The van der Waals surface area contributed by atoms with Gasteiger partial charge in [0.05, 0.1) is 12.1 Å². The molecule has 2 rings (SSSR count). The fourth-order valence-corrected chi connectivity index (χ4v) is 2.90. The van der Waals surface area contributed by atoms with Gasteiger partial charge in [0.1, 0.15) is 0 Å². The highest BCUT2D eigenvalue weighted by Crippen LogP contribution is 2.21. The van der Waals surface area contributed by atoms with Crippen molar-refractivity contribution in [1.82, 2.24) is 10.2 Å². The summed E-state index contributed by atoms with van der Waals surface area (Å²) in [7, 11) is 0. The highest BCUT2D eigenvalue weighted by Gasteiger charge is 2.28. The lowest BCUT2D eigenvalue weighted by Gasteiger charge is -2.34. The second kappa shape index (κ2) is 6.85. The van der Waals surface area contributed by atoms with Crippen LogP contribution < -0.4 is 11.1 Å². The average molecular weight is 340 g/mol. The summed E-state index contributed by atoms with van der Waals surface area (Å²) in [5, 5.41) is 3.25. The van der Waals surface area contributed by atoms with E-state index in [4.69, 9.17) is 5.73 Å². The summed E-state index contributed by atoms with van der Waals surface area (Å²) in [4.78, 5) is 25.5. The number of primary amides is 1. The molecule has 1 aliphatic rings. The Bertz CT molecular complexity index is 501. The second-order valence-electron chi connectivity index (χ2n) is 4.86. The molecular formula is C14H18BrN3O2. The van der Waals surface area contributed by atoms with Crippen LogP contribution >= 0.6 is 15.9 Å². The minimum Gasteiger partial charge on any atom is -0.368 e. The van der Waals surface area contributed by atoms with Gasteiger partial charge in [0, 0.05) is 10.5 Å². The number of rotatable bonds is 4. The molecule has 1 aliphatic heterocycles. The van der Waals surface area contributed by atoms with E-state index in [1.54, 1.807) is 11.0 Å². The summed E-state index contributed by atoms with van der Waals surface area (Å²) in [6, 6.07) is 7.29. The maximum Gasteiger partial charge on any atom is 0.255 e. The van der Waals surface area contributed by atoms with E-state index in [-0.39, 0.29) is 18.5 Å². The smallest absolute Gasteiger partial charge is 0.255 e. The largest absolute Gasteiger partial charge is 0.368 e. The quantitative estimate of drug-likeness (QED) is 0.863. The molecule has 0 saturated carbocycles. The molecule has 1 heterocycles. The summed E-state index contributed by atoms with van der Waals surface area (Å²) < 4.78 is 0.730. The first kappa shape index (κ1) is 15.0. The van der Waals surface area contributed by atoms with Crippen molar-refractivity contribution in [2.75, 3.05) is 19.6 Å². The zero-order valence-electron chi connectivity index (χ0n) is 11.1. The van der Waals surface area contributed by atoms with Crippen LogP contribution in [0.25, 0.3) is 0 Å². The molecule has 5 nitrogen and oxygen atoms in total. The van der Waals surface area contributed by atoms with E-state index in [0.29, 0.717) is 5.56 Å². The Balaban J connectivity index is 2.23. The first-order valence-corrected chi connectivity index (χ1v) is 7.43. The van der Waals surface area contributed by atoms with E-state index in [0.717, 1.165) is 30.4 Å². The number of nitrogens with two attached hydrogens (primary N) is 1. The van der Waals surface area contributed by atoms with Crippen molar-refractivity contribution in [3.8, 4) is 0 Å². The number of hydrogen-bond acceptors (Lipinski definition) is 3. The Morgan fingerprint density at radius 3 is 2.55 bits per heavy atom. The third-order valence-corrected chi connectivity index (χ3v) is 4.13. The standard InChI is InChI=1S/C14H18BrN3O2/c15-12-4-2-1-3-11(12)14(20)18(9-13(16)19)10-5-7-17-8-6-10/h1-4,10,17H,5-9H2,(H2,16,19). The van der Waals surface area contributed by atoms with E-state index in [2.05, 4.69) is 21.2 Å². The van der Waals surface area contributed by atoms with E-state index in [1.807, 2.05) is 18.2 Å². The van der Waals surface area contributed by atoms with E-state index in [1.165, 1.54) is 0 Å². The van der Waals surface area contributed by atoms with Crippen LogP contribution in [0.15, 0.2) is 28.7 Å². The van der Waals surface area contributed by atoms with Gasteiger partial charge in [0.15, 0.2) is 0 Å². The van der Waals surface area contributed by atoms with Crippen LogP contribution in [0.3, 0.4) is 0 Å². The number of piperidine rings is 1. The topological polar surface area (TPSA) is 75.4 Å². The molecule has 0 aliphatic carbocycles. The summed E-state index contributed by atoms with van der Waals surface area (Å²) in [5.74, 6) is -0.632. The molecule has 6 heteroatoms. The summed E-state index contributed by atoms with van der Waals surface area (Å²) in [5.41, 5.74) is 5.86. The van der Waals surface area contributed by atoms with E-state index < -0.39 is 5.91 Å². The van der Waals surface area contributed by atoms with Gasteiger partial charge < -0.3 is 16.0 Å². The summed E-state index contributed by atoms with van der Waals surface area (Å²) in [6.45, 7) is 1.66. The van der Waals surface area contributed by atoms with Crippen LogP contribution in [0.4, 0.5) is 0 Å². The molecule has 2 amide bonds. The van der Waals surface area contributed by atoms with Gasteiger partial charge in [-0.3, -0.25) is 9.59 Å². The number of benzene rings is 1. The van der Waals surface area contributed by atoms with Gasteiger partial charge in [0.2, 0.25) is 5.91 Å². The van der Waals surface area contributed by atoms with Crippen LogP contribution in [0, 0.1) is 0 Å². The minimum absolute atomic E-state index is 0.0369. The van der Waals surface area contributed by atoms with Crippen molar-refractivity contribution in [3.63, 3.8) is 0 Å². The Morgan fingerprint density at radius 1 is 1.30 bits per heavy atom. The molecule has 0 unspecified atom stereocenters. The molecule has 1 aromatic rings. The monoisotopic (exact) mass is 339 g/mol. The van der Waals surface area contributed by atoms with Crippen LogP contribution in [0.2, 0.25) is 0 Å². The first-order chi connectivity index (χ1) is 9.59. The van der Waals surface area contributed by atoms with Gasteiger partial charge >= 0.3 is 0 Å². The molecule has 0 atom stereocenters. The molecule has 0 bridgehead atoms. The lowest BCUT2D eigenvalue weighted by atomic mass is 10.0. The van der Waals surface area contributed by atoms with Crippen molar-refractivity contribution in [1.29, 1.82) is 0 Å². The highest BCUT2D eigenvalue weighted by molar-refractivity contribution is 9.10. The predicted molar refractivity (Wildman–Crippen MR) is 80.3 cm³/mol. The number of nitrogens with zero attached hydrogens (tertiary/aromatic N) is 1. The van der Waals surface area contributed by atoms with Gasteiger partial charge in [-0.2, -0.15) is 0 Å². The third-order valence-electron chi connectivity index (χ3n) is 3.44. The molecule has 3 N–H and O–H groups in total. The van der Waals surface area contributed by atoms with E-state index in [9.17, 15) is 9.59 Å². The van der Waals surface area contributed by atoms with Crippen molar-refractivity contribution in [3.05, 3.63) is 34.3 Å². The number of hydrogen-bond donors (Lipinski definition) is 2. The highest BCUT2D eigenvalue weighted by atomic mass is 79.9. The van der Waals surface area contributed by atoms with Crippen molar-refractivity contribution in [2.24, 2.45) is 5.73 Å². The number of carbonyl (C=O) groups is 2. The third kappa shape index (κ3) is 3.58. The normalized spacial score (nSPS) is 15.8. The lowest BCUT2D eigenvalue weighted by Crippen LogP contribution is -2.49. The van der Waals surface area contributed by atoms with Crippen LogP contribution in [-0.4, -0.2) is 42.4 Å². The SMILES string of the molecule is NC(=O)CN(C(=O)c1ccccc1Br)C1CCNCC1. The number of halogens is 1. The van der Waals surface area contributed by atoms with Crippen LogP contribution in [-0.2, 0) is 4.79 Å². The van der Waals surface area contributed by atoms with Gasteiger partial charge in [-0.15, -0.1) is 0 Å². The summed E-state index contributed by atoms with van der Waals surface area (Å²) >= 11 is 3.38. The van der Waals surface area contributed by atoms with Gasteiger partial charge in [-0.05, 0) is 54.0 Å². The number of carbonyl (C=O) groups excluding carboxylic acids is 2. The molecule has 1 aromatic carbocycles. The van der Waals surface area contributed by atoms with Crippen LogP contribution in [0.5, 0.6) is 0 Å². The molecule has 108 valence electrons. The zero-order valence-corrected chi connectivity index (χ0v) is 12.7. The maximum absolute atomic E-state index is 12.7. The van der Waals surface area contributed by atoms with Gasteiger partial charge in [-0.1, -0.05) is 12.1 Å². The Labute approximate surface area is 126 Å². The fraction of sp³-hybridized carbons (Fsp3) is 0.429. The van der Waals surface area contributed by atoms with Crippen molar-refractivity contribution < 1.29 is 9.59 Å². The maximum atomic E-state index is 12.7. The predicted octanol–water partition coefficient (Wildman–Crippen LogP) is 1.13. The second-order valence-corrected chi connectivity index (χ2v) is 5.71. The number of nitrogens with one attached hydrogen (secondary N) is 1. The molecule has 1 saturated heterocycles. The van der Waals surface area contributed by atoms with E-state index >= 15 is 0 Å². The van der Waals surface area contributed by atoms with Crippen molar-refractivity contribution >= 4 is 27.7 Å². The van der Waals surface area contributed by atoms with Gasteiger partial charge in [0.25, 0.3) is 5.91 Å². The van der Waals surface area contributed by atoms with Gasteiger partial charge in [-0.25, -0.2) is 0 Å². The molecule has 0 spiro atoms. The fourth-order valence-electron chi connectivity index (χ4n) is 2.44. The van der Waals surface area contributed by atoms with Crippen LogP contribution in [0.1, 0.15) is 23.2 Å². The van der Waals surface area contributed by atoms with Crippen molar-refractivity contribution in [2.45, 2.75) is 18.9 Å². The molecule has 0 radical (unpaired) electrons. The lowest BCUT2D eigenvalue weighted by molar-refractivity contribution is -0.119. The molecule has 1 fully saturated rings.